The van der Waals surface area contributed by atoms with Crippen LogP contribution < -0.4 is 0 Å². The van der Waals surface area contributed by atoms with Crippen LogP contribution in [0.15, 0.2) is 48.6 Å². The molecule has 0 heterocycles. The van der Waals surface area contributed by atoms with E-state index in [0.717, 1.165) is 89.9 Å². The van der Waals surface area contributed by atoms with Crippen molar-refractivity contribution in [2.75, 3.05) is 13.2 Å². The largest absolute Gasteiger partial charge is 0.462 e. The average Bonchev–Trinajstić information content (AvgIpc) is 3.28. The van der Waals surface area contributed by atoms with E-state index in [1.54, 1.807) is 0 Å². The van der Waals surface area contributed by atoms with Gasteiger partial charge in [-0.15, -0.1) is 0 Å². The molecule has 6 heteroatoms. The molecule has 6 nitrogen and oxygen atoms in total. The van der Waals surface area contributed by atoms with Gasteiger partial charge in [0.05, 0.1) is 0 Å². The third-order valence-electron chi connectivity index (χ3n) is 11.8. The van der Waals surface area contributed by atoms with Gasteiger partial charge in [-0.2, -0.15) is 0 Å². The van der Waals surface area contributed by atoms with Gasteiger partial charge >= 0.3 is 17.9 Å². The number of ether oxygens (including phenoxy) is 3. The van der Waals surface area contributed by atoms with Crippen LogP contribution in [0, 0.1) is 0 Å². The summed E-state index contributed by atoms with van der Waals surface area (Å²) in [6.07, 6.45) is 62.5. The van der Waals surface area contributed by atoms with Crippen molar-refractivity contribution in [3.8, 4) is 0 Å². The average molecular weight is 883 g/mol. The molecule has 0 rings (SSSR count). The Bertz CT molecular complexity index is 1110. The molecule has 0 bridgehead atoms. The first-order valence-corrected chi connectivity index (χ1v) is 27.1. The van der Waals surface area contributed by atoms with Gasteiger partial charge in [0.1, 0.15) is 13.2 Å². The summed E-state index contributed by atoms with van der Waals surface area (Å²) in [7, 11) is 0. The van der Waals surface area contributed by atoms with Crippen molar-refractivity contribution >= 4 is 17.9 Å². The van der Waals surface area contributed by atoms with Gasteiger partial charge in [0.25, 0.3) is 0 Å². The molecule has 0 aromatic rings. The number of allylic oxidation sites excluding steroid dienone is 8. The minimum atomic E-state index is -0.788. The summed E-state index contributed by atoms with van der Waals surface area (Å²) < 4.78 is 16.8. The highest BCUT2D eigenvalue weighted by atomic mass is 16.6. The maximum absolute atomic E-state index is 12.8. The highest BCUT2D eigenvalue weighted by Gasteiger charge is 2.19. The molecule has 0 aliphatic rings. The number of unbranched alkanes of at least 4 members (excludes halogenated alkanes) is 30. The summed E-state index contributed by atoms with van der Waals surface area (Å²) in [5, 5.41) is 0. The van der Waals surface area contributed by atoms with Crippen LogP contribution >= 0.6 is 0 Å². The van der Waals surface area contributed by atoms with Crippen LogP contribution in [0.2, 0.25) is 0 Å². The number of hydrogen-bond acceptors (Lipinski definition) is 6. The quantitative estimate of drug-likeness (QED) is 0.0262. The Labute approximate surface area is 390 Å². The molecule has 0 aromatic heterocycles. The lowest BCUT2D eigenvalue weighted by molar-refractivity contribution is -0.167. The number of hydrogen-bond donors (Lipinski definition) is 0. The Morgan fingerprint density at radius 2 is 0.619 bits per heavy atom. The summed E-state index contributed by atoms with van der Waals surface area (Å²) in [4.78, 5) is 38.0. The van der Waals surface area contributed by atoms with E-state index in [0.29, 0.717) is 19.3 Å². The first-order valence-electron chi connectivity index (χ1n) is 27.1. The fraction of sp³-hybridized carbons (Fsp3) is 0.807. The zero-order chi connectivity index (χ0) is 45.8. The van der Waals surface area contributed by atoms with E-state index in [-0.39, 0.29) is 31.1 Å². The van der Waals surface area contributed by atoms with Crippen LogP contribution in [0.25, 0.3) is 0 Å². The second kappa shape index (κ2) is 52.0. The molecular formula is C57H102O6. The molecule has 0 N–H and O–H groups in total. The number of carbonyl (C=O) groups is 3. The maximum Gasteiger partial charge on any atom is 0.306 e. The van der Waals surface area contributed by atoms with Gasteiger partial charge in [0, 0.05) is 19.3 Å². The predicted octanol–water partition coefficient (Wildman–Crippen LogP) is 17.9. The van der Waals surface area contributed by atoms with Gasteiger partial charge in [0.2, 0.25) is 0 Å². The van der Waals surface area contributed by atoms with Crippen molar-refractivity contribution in [2.24, 2.45) is 0 Å². The Morgan fingerprint density at radius 1 is 0.333 bits per heavy atom. The third kappa shape index (κ3) is 50.2. The second-order valence-corrected chi connectivity index (χ2v) is 18.1. The monoisotopic (exact) mass is 883 g/mol. The van der Waals surface area contributed by atoms with Crippen molar-refractivity contribution in [1.82, 2.24) is 0 Å². The molecule has 366 valence electrons. The number of rotatable bonds is 49. The molecule has 0 fully saturated rings. The summed E-state index contributed by atoms with van der Waals surface area (Å²) in [6, 6.07) is 0. The Morgan fingerprint density at radius 3 is 1.03 bits per heavy atom. The van der Waals surface area contributed by atoms with E-state index < -0.39 is 6.10 Å². The predicted molar refractivity (Wildman–Crippen MR) is 270 cm³/mol. The number of esters is 3. The topological polar surface area (TPSA) is 78.9 Å². The van der Waals surface area contributed by atoms with E-state index in [1.165, 1.54) is 148 Å². The molecule has 0 spiro atoms. The Hall–Kier alpha value is -2.63. The van der Waals surface area contributed by atoms with Crippen LogP contribution in [0.4, 0.5) is 0 Å². The molecule has 63 heavy (non-hydrogen) atoms. The van der Waals surface area contributed by atoms with Gasteiger partial charge in [-0.25, -0.2) is 0 Å². The lowest BCUT2D eigenvalue weighted by atomic mass is 10.0. The third-order valence-corrected chi connectivity index (χ3v) is 11.8. The molecule has 0 amide bonds. The fourth-order valence-corrected chi connectivity index (χ4v) is 7.75. The molecule has 0 saturated carbocycles. The second-order valence-electron chi connectivity index (χ2n) is 18.1. The van der Waals surface area contributed by atoms with E-state index in [9.17, 15) is 14.4 Å². The molecule has 0 aromatic carbocycles. The first kappa shape index (κ1) is 60.4. The van der Waals surface area contributed by atoms with Crippen molar-refractivity contribution in [3.05, 3.63) is 48.6 Å². The van der Waals surface area contributed by atoms with Gasteiger partial charge in [-0.05, 0) is 77.0 Å². The molecule has 0 saturated heterocycles. The summed E-state index contributed by atoms with van der Waals surface area (Å²) in [6.45, 7) is 6.49. The normalized spacial score (nSPS) is 12.4. The van der Waals surface area contributed by atoms with Gasteiger partial charge in [-0.3, -0.25) is 14.4 Å². The summed E-state index contributed by atoms with van der Waals surface area (Å²) in [5.74, 6) is -0.915. The van der Waals surface area contributed by atoms with Gasteiger partial charge < -0.3 is 14.2 Å². The van der Waals surface area contributed by atoms with Crippen molar-refractivity contribution in [3.63, 3.8) is 0 Å². The minimum absolute atomic E-state index is 0.0851. The maximum atomic E-state index is 12.8. The smallest absolute Gasteiger partial charge is 0.306 e. The lowest BCUT2D eigenvalue weighted by Gasteiger charge is -2.18. The molecule has 0 aliphatic carbocycles. The highest BCUT2D eigenvalue weighted by molar-refractivity contribution is 5.71. The van der Waals surface area contributed by atoms with Crippen LogP contribution in [-0.2, 0) is 28.6 Å². The summed E-state index contributed by atoms with van der Waals surface area (Å²) >= 11 is 0. The first-order chi connectivity index (χ1) is 31.0. The van der Waals surface area contributed by atoms with Crippen molar-refractivity contribution < 1.29 is 28.6 Å². The van der Waals surface area contributed by atoms with Crippen LogP contribution in [0.3, 0.4) is 0 Å². The van der Waals surface area contributed by atoms with Crippen LogP contribution in [0.1, 0.15) is 278 Å². The van der Waals surface area contributed by atoms with E-state index in [2.05, 4.69) is 69.4 Å². The van der Waals surface area contributed by atoms with E-state index in [1.807, 2.05) is 0 Å². The molecule has 0 radical (unpaired) electrons. The number of carbonyl (C=O) groups excluding carboxylic acids is 3. The molecule has 0 aliphatic heterocycles. The Balaban J connectivity index is 4.31. The van der Waals surface area contributed by atoms with E-state index >= 15 is 0 Å². The SMILES string of the molecule is CC/C=C\C/C=C\C/C=C\CCCCCC(=O)OC(COC(=O)CCCCCCC/C=C\CCCCC)COC(=O)CCCCCCCCCCCCCCCCCCCCCC. The van der Waals surface area contributed by atoms with Crippen molar-refractivity contribution in [2.45, 2.75) is 284 Å². The fourth-order valence-electron chi connectivity index (χ4n) is 7.75. The van der Waals surface area contributed by atoms with E-state index in [4.69, 9.17) is 14.2 Å². The Kier molecular flexibility index (Phi) is 49.8. The minimum Gasteiger partial charge on any atom is -0.462 e. The molecule has 1 atom stereocenters. The van der Waals surface area contributed by atoms with Crippen LogP contribution in [0.5, 0.6) is 0 Å². The zero-order valence-electron chi connectivity index (χ0n) is 41.8. The zero-order valence-corrected chi connectivity index (χ0v) is 41.8. The van der Waals surface area contributed by atoms with Crippen LogP contribution in [-0.4, -0.2) is 37.2 Å². The van der Waals surface area contributed by atoms with Crippen molar-refractivity contribution in [1.29, 1.82) is 0 Å². The molecule has 1 unspecified atom stereocenters. The van der Waals surface area contributed by atoms with Gasteiger partial charge in [0.15, 0.2) is 6.10 Å². The lowest BCUT2D eigenvalue weighted by Crippen LogP contribution is -2.30. The van der Waals surface area contributed by atoms with Gasteiger partial charge in [-0.1, -0.05) is 230 Å². The standard InChI is InChI=1S/C57H102O6/c1-4-7-10-13-16-19-22-25-26-27-28-29-30-31-33-35-38-41-44-47-50-56(59)62-53-54(52-61-55(58)49-46-43-40-37-34-24-21-18-15-12-9-6-3)63-57(60)51-48-45-42-39-36-32-23-20-17-14-11-8-5-2/h8,11,17-18,20-21,32,36,54H,4-7,9-10,12-16,19,22-31,33-35,37-53H2,1-3H3/b11-8-,20-17-,21-18-,36-32-. The summed E-state index contributed by atoms with van der Waals surface area (Å²) in [5.41, 5.74) is 0. The highest BCUT2D eigenvalue weighted by Crippen LogP contribution is 2.16. The molecular weight excluding hydrogens is 781 g/mol.